The third-order valence-electron chi connectivity index (χ3n) is 4.85. The number of aromatic nitrogens is 5. The first-order valence-electron chi connectivity index (χ1n) is 9.10. The molecule has 0 aromatic carbocycles. The molecule has 0 atom stereocenters. The number of nitrogens with zero attached hydrogens (tertiary/aromatic N) is 7. The molecule has 0 saturated carbocycles. The van der Waals surface area contributed by atoms with Crippen LogP contribution in [0.1, 0.15) is 10.5 Å². The number of rotatable bonds is 4. The van der Waals surface area contributed by atoms with Gasteiger partial charge in [-0.3, -0.25) is 9.59 Å². The number of carbonyl (C=O) groups excluding carboxylic acids is 2. The molecular formula is C19H21N7O3. The van der Waals surface area contributed by atoms with E-state index in [1.807, 2.05) is 30.1 Å². The van der Waals surface area contributed by atoms with Crippen LogP contribution in [0.3, 0.4) is 0 Å². The lowest BCUT2D eigenvalue weighted by atomic mass is 10.2. The molecule has 3 aromatic heterocycles. The Morgan fingerprint density at radius 3 is 2.59 bits per heavy atom. The van der Waals surface area contributed by atoms with E-state index in [4.69, 9.17) is 4.74 Å². The minimum absolute atomic E-state index is 0.0468. The summed E-state index contributed by atoms with van der Waals surface area (Å²) in [5.74, 6) is 0.463. The summed E-state index contributed by atoms with van der Waals surface area (Å²) in [6.45, 7) is 1.02. The van der Waals surface area contributed by atoms with Crippen LogP contribution in [0.25, 0.3) is 17.1 Å². The second-order valence-corrected chi connectivity index (χ2v) is 6.87. The predicted molar refractivity (Wildman–Crippen MR) is 104 cm³/mol. The number of likely N-dealkylation sites (N-methyl/N-ethyl adjacent to an activating group) is 1. The van der Waals surface area contributed by atoms with Gasteiger partial charge in [0.2, 0.25) is 11.8 Å². The maximum Gasteiger partial charge on any atom is 0.274 e. The average molecular weight is 395 g/mol. The van der Waals surface area contributed by atoms with Crippen molar-refractivity contribution >= 4 is 11.8 Å². The van der Waals surface area contributed by atoms with Crippen molar-refractivity contribution in [3.8, 4) is 23.0 Å². The summed E-state index contributed by atoms with van der Waals surface area (Å²) in [5.41, 5.74) is 1.83. The molecule has 0 radical (unpaired) electrons. The zero-order valence-corrected chi connectivity index (χ0v) is 16.4. The van der Waals surface area contributed by atoms with Gasteiger partial charge < -0.3 is 19.1 Å². The fourth-order valence-corrected chi connectivity index (χ4v) is 3.15. The Morgan fingerprint density at radius 2 is 1.97 bits per heavy atom. The van der Waals surface area contributed by atoms with Crippen LogP contribution in [0, 0.1) is 0 Å². The standard InChI is InChI=1S/C19H21N7O3/c1-23-7-6-13(11-23)15-10-14(19(28)25-9-8-24(2)18(27)12-25)22-26(15)16-4-5-17(29-3)21-20-16/h4-7,10-11H,8-9,12H2,1-3H3. The molecule has 29 heavy (non-hydrogen) atoms. The van der Waals surface area contributed by atoms with Crippen LogP contribution in [0.4, 0.5) is 0 Å². The molecule has 1 saturated heterocycles. The Kier molecular flexibility index (Phi) is 4.75. The number of carbonyl (C=O) groups is 2. The Bertz CT molecular complexity index is 1050. The van der Waals surface area contributed by atoms with E-state index in [2.05, 4.69) is 15.3 Å². The maximum atomic E-state index is 13.0. The summed E-state index contributed by atoms with van der Waals surface area (Å²) in [6.07, 6.45) is 3.84. The summed E-state index contributed by atoms with van der Waals surface area (Å²) < 4.78 is 8.55. The fraction of sp³-hybridized carbons (Fsp3) is 0.316. The lowest BCUT2D eigenvalue weighted by molar-refractivity contribution is -0.133. The molecule has 2 amide bonds. The molecule has 1 aliphatic heterocycles. The Morgan fingerprint density at radius 1 is 1.14 bits per heavy atom. The van der Waals surface area contributed by atoms with E-state index >= 15 is 0 Å². The summed E-state index contributed by atoms with van der Waals surface area (Å²) in [6, 6.07) is 7.04. The van der Waals surface area contributed by atoms with Crippen molar-refractivity contribution in [3.05, 3.63) is 42.4 Å². The van der Waals surface area contributed by atoms with Crippen molar-refractivity contribution in [2.75, 3.05) is 33.8 Å². The number of ether oxygens (including phenoxy) is 1. The highest BCUT2D eigenvalue weighted by Crippen LogP contribution is 2.24. The number of piperazine rings is 1. The molecule has 3 aromatic rings. The lowest BCUT2D eigenvalue weighted by Gasteiger charge is -2.31. The van der Waals surface area contributed by atoms with Gasteiger partial charge in [-0.2, -0.15) is 5.10 Å². The third kappa shape index (κ3) is 3.56. The van der Waals surface area contributed by atoms with Crippen molar-refractivity contribution < 1.29 is 14.3 Å². The van der Waals surface area contributed by atoms with Gasteiger partial charge in [-0.25, -0.2) is 4.68 Å². The summed E-state index contributed by atoms with van der Waals surface area (Å²) in [4.78, 5) is 28.1. The van der Waals surface area contributed by atoms with Crippen molar-refractivity contribution in [3.63, 3.8) is 0 Å². The highest BCUT2D eigenvalue weighted by atomic mass is 16.5. The first-order chi connectivity index (χ1) is 14.0. The van der Waals surface area contributed by atoms with E-state index in [1.54, 1.807) is 34.8 Å². The molecular weight excluding hydrogens is 374 g/mol. The molecule has 150 valence electrons. The highest BCUT2D eigenvalue weighted by molar-refractivity contribution is 5.96. The van der Waals surface area contributed by atoms with Gasteiger partial charge in [0.25, 0.3) is 5.91 Å². The minimum Gasteiger partial charge on any atom is -0.480 e. The normalized spacial score (nSPS) is 14.4. The van der Waals surface area contributed by atoms with E-state index in [9.17, 15) is 9.59 Å². The molecule has 1 aliphatic rings. The van der Waals surface area contributed by atoms with Gasteiger partial charge in [0.05, 0.1) is 12.8 Å². The number of aryl methyl sites for hydroxylation is 1. The average Bonchev–Trinajstić information content (AvgIpc) is 3.36. The van der Waals surface area contributed by atoms with Crippen LogP contribution in [0.2, 0.25) is 0 Å². The van der Waals surface area contributed by atoms with Crippen LogP contribution in [-0.2, 0) is 11.8 Å². The van der Waals surface area contributed by atoms with Crippen molar-refractivity contribution in [1.82, 2.24) is 34.3 Å². The van der Waals surface area contributed by atoms with E-state index < -0.39 is 0 Å². The van der Waals surface area contributed by atoms with Gasteiger partial charge in [0, 0.05) is 51.2 Å². The van der Waals surface area contributed by atoms with Crippen molar-refractivity contribution in [2.24, 2.45) is 7.05 Å². The van der Waals surface area contributed by atoms with Gasteiger partial charge in [-0.1, -0.05) is 0 Å². The van der Waals surface area contributed by atoms with Gasteiger partial charge in [0.1, 0.15) is 6.54 Å². The number of hydrogen-bond donors (Lipinski definition) is 0. The number of amides is 2. The zero-order valence-electron chi connectivity index (χ0n) is 16.4. The molecule has 0 aliphatic carbocycles. The molecule has 4 rings (SSSR count). The fourth-order valence-electron chi connectivity index (χ4n) is 3.15. The third-order valence-corrected chi connectivity index (χ3v) is 4.85. The summed E-state index contributed by atoms with van der Waals surface area (Å²) in [5, 5.41) is 12.6. The minimum atomic E-state index is -0.288. The molecule has 0 spiro atoms. The van der Waals surface area contributed by atoms with E-state index in [0.29, 0.717) is 30.5 Å². The molecule has 0 unspecified atom stereocenters. The second-order valence-electron chi connectivity index (χ2n) is 6.87. The van der Waals surface area contributed by atoms with Crippen LogP contribution < -0.4 is 4.74 Å². The van der Waals surface area contributed by atoms with Crippen LogP contribution in [0.15, 0.2) is 36.7 Å². The van der Waals surface area contributed by atoms with Gasteiger partial charge in [-0.05, 0) is 18.2 Å². The molecule has 0 bridgehead atoms. The van der Waals surface area contributed by atoms with Gasteiger partial charge in [-0.15, -0.1) is 10.2 Å². The van der Waals surface area contributed by atoms with Crippen molar-refractivity contribution in [2.45, 2.75) is 0 Å². The second kappa shape index (κ2) is 7.38. The molecule has 10 heteroatoms. The Hall–Kier alpha value is -3.69. The van der Waals surface area contributed by atoms with E-state index in [-0.39, 0.29) is 24.1 Å². The van der Waals surface area contributed by atoms with Gasteiger partial charge in [0.15, 0.2) is 11.5 Å². The molecule has 0 N–H and O–H groups in total. The zero-order chi connectivity index (χ0) is 20.5. The molecule has 1 fully saturated rings. The highest BCUT2D eigenvalue weighted by Gasteiger charge is 2.28. The Labute approximate surface area is 167 Å². The van der Waals surface area contributed by atoms with Crippen LogP contribution in [-0.4, -0.2) is 80.0 Å². The first-order valence-corrected chi connectivity index (χ1v) is 9.10. The van der Waals surface area contributed by atoms with Crippen molar-refractivity contribution in [1.29, 1.82) is 0 Å². The monoisotopic (exact) mass is 395 g/mol. The number of methoxy groups -OCH3 is 1. The summed E-state index contributed by atoms with van der Waals surface area (Å²) >= 11 is 0. The SMILES string of the molecule is COc1ccc(-n2nc(C(=O)N3CCN(C)C(=O)C3)cc2-c2ccn(C)c2)nn1. The Balaban J connectivity index is 1.73. The quantitative estimate of drug-likeness (QED) is 0.641. The van der Waals surface area contributed by atoms with Crippen LogP contribution >= 0.6 is 0 Å². The smallest absolute Gasteiger partial charge is 0.274 e. The van der Waals surface area contributed by atoms with E-state index in [0.717, 1.165) is 5.56 Å². The largest absolute Gasteiger partial charge is 0.480 e. The predicted octanol–water partition coefficient (Wildman–Crippen LogP) is 0.591. The molecule has 10 nitrogen and oxygen atoms in total. The summed E-state index contributed by atoms with van der Waals surface area (Å²) in [7, 11) is 5.16. The number of hydrogen-bond acceptors (Lipinski definition) is 6. The topological polar surface area (TPSA) is 98.4 Å². The van der Waals surface area contributed by atoms with E-state index in [1.165, 1.54) is 12.0 Å². The first kappa shape index (κ1) is 18.7. The van der Waals surface area contributed by atoms with Crippen LogP contribution in [0.5, 0.6) is 5.88 Å². The lowest BCUT2D eigenvalue weighted by Crippen LogP contribution is -2.50. The molecule has 4 heterocycles. The van der Waals surface area contributed by atoms with Gasteiger partial charge >= 0.3 is 0 Å². The maximum absolute atomic E-state index is 13.0.